The Kier molecular flexibility index (Phi) is 3.51. The molecule has 1 aromatic carbocycles. The highest BCUT2D eigenvalue weighted by atomic mass is 32.2. The van der Waals surface area contributed by atoms with E-state index in [0.717, 1.165) is 0 Å². The summed E-state index contributed by atoms with van der Waals surface area (Å²) >= 11 is 1.99. The van der Waals surface area contributed by atoms with E-state index in [1.807, 2.05) is 16.4 Å². The first kappa shape index (κ1) is 13.4. The van der Waals surface area contributed by atoms with E-state index in [1.54, 1.807) is 0 Å². The molecule has 1 aliphatic carbocycles. The van der Waals surface area contributed by atoms with Crippen molar-refractivity contribution in [3.63, 3.8) is 0 Å². The van der Waals surface area contributed by atoms with Crippen LogP contribution in [0.5, 0.6) is 0 Å². The number of nitrogens with one attached hydrogen (secondary N) is 1. The molecule has 2 atom stereocenters. The lowest BCUT2D eigenvalue weighted by Crippen LogP contribution is -2.31. The predicted molar refractivity (Wildman–Crippen MR) is 86.5 cm³/mol. The molecule has 110 valence electrons. The molecule has 0 radical (unpaired) electrons. The number of hydrogen-bond acceptors (Lipinski definition) is 3. The number of aryl methyl sites for hydroxylation is 1. The fourth-order valence-corrected chi connectivity index (χ4v) is 4.76. The number of aromatic nitrogens is 2. The van der Waals surface area contributed by atoms with Crippen molar-refractivity contribution >= 4 is 11.8 Å². The summed E-state index contributed by atoms with van der Waals surface area (Å²) < 4.78 is 2.05. The van der Waals surface area contributed by atoms with Crippen LogP contribution < -0.4 is 5.32 Å². The molecular formula is C17H21N3S. The Labute approximate surface area is 130 Å². The van der Waals surface area contributed by atoms with Gasteiger partial charge in [-0.1, -0.05) is 18.2 Å². The van der Waals surface area contributed by atoms with Crippen molar-refractivity contribution in [3.05, 3.63) is 47.3 Å². The Hall–Kier alpha value is -1.26. The minimum absolute atomic E-state index is 0.462. The van der Waals surface area contributed by atoms with Gasteiger partial charge in [-0.05, 0) is 43.1 Å². The molecule has 0 bridgehead atoms. The van der Waals surface area contributed by atoms with Crippen molar-refractivity contribution in [1.29, 1.82) is 0 Å². The molecule has 1 N–H and O–H groups in total. The second kappa shape index (κ2) is 5.50. The first-order valence-corrected chi connectivity index (χ1v) is 8.80. The van der Waals surface area contributed by atoms with E-state index in [1.165, 1.54) is 53.2 Å². The first-order valence-electron chi connectivity index (χ1n) is 7.81. The van der Waals surface area contributed by atoms with Gasteiger partial charge in [0.25, 0.3) is 0 Å². The van der Waals surface area contributed by atoms with Gasteiger partial charge in [-0.15, -0.1) is 11.8 Å². The zero-order valence-corrected chi connectivity index (χ0v) is 13.2. The Morgan fingerprint density at radius 2 is 2.05 bits per heavy atom. The molecule has 0 fully saturated rings. The summed E-state index contributed by atoms with van der Waals surface area (Å²) in [6.07, 6.45) is 6.93. The van der Waals surface area contributed by atoms with Crippen molar-refractivity contribution in [2.45, 2.75) is 42.7 Å². The van der Waals surface area contributed by atoms with Crippen LogP contribution in [0.15, 0.2) is 35.4 Å². The van der Waals surface area contributed by atoms with Gasteiger partial charge in [0.2, 0.25) is 0 Å². The maximum atomic E-state index is 4.46. The molecule has 3 nitrogen and oxygen atoms in total. The van der Waals surface area contributed by atoms with Gasteiger partial charge in [0.1, 0.15) is 0 Å². The summed E-state index contributed by atoms with van der Waals surface area (Å²) in [5.74, 6) is 1.21. The van der Waals surface area contributed by atoms with Crippen LogP contribution in [0, 0.1) is 0 Å². The molecule has 0 amide bonds. The molecule has 0 saturated carbocycles. The van der Waals surface area contributed by atoms with Crippen LogP contribution in [0.1, 0.15) is 48.2 Å². The lowest BCUT2D eigenvalue weighted by atomic mass is 9.91. The molecule has 4 heteroatoms. The number of benzene rings is 1. The lowest BCUT2D eigenvalue weighted by molar-refractivity contribution is 0.386. The third kappa shape index (κ3) is 2.40. The summed E-state index contributed by atoms with van der Waals surface area (Å²) in [5, 5.41) is 8.38. The zero-order valence-electron chi connectivity index (χ0n) is 12.4. The van der Waals surface area contributed by atoms with Gasteiger partial charge >= 0.3 is 0 Å². The molecule has 2 heterocycles. The van der Waals surface area contributed by atoms with Crippen molar-refractivity contribution in [3.8, 4) is 0 Å². The number of thioether (sulfide) groups is 1. The van der Waals surface area contributed by atoms with E-state index < -0.39 is 0 Å². The van der Waals surface area contributed by atoms with Gasteiger partial charge in [0, 0.05) is 35.3 Å². The summed E-state index contributed by atoms with van der Waals surface area (Å²) in [6.45, 7) is 0. The van der Waals surface area contributed by atoms with E-state index in [9.17, 15) is 0 Å². The number of rotatable bonds is 2. The summed E-state index contributed by atoms with van der Waals surface area (Å²) in [6, 6.07) is 9.79. The topological polar surface area (TPSA) is 29.9 Å². The van der Waals surface area contributed by atoms with Gasteiger partial charge in [0.05, 0.1) is 6.20 Å². The van der Waals surface area contributed by atoms with Crippen LogP contribution >= 0.6 is 11.8 Å². The zero-order chi connectivity index (χ0) is 14.2. The van der Waals surface area contributed by atoms with Gasteiger partial charge in [-0.3, -0.25) is 4.68 Å². The van der Waals surface area contributed by atoms with Crippen LogP contribution in [0.4, 0.5) is 0 Å². The molecule has 4 rings (SSSR count). The Bertz CT molecular complexity index is 649. The summed E-state index contributed by atoms with van der Waals surface area (Å²) in [4.78, 5) is 1.45. The van der Waals surface area contributed by atoms with Crippen LogP contribution in [0.3, 0.4) is 0 Å². The molecular weight excluding hydrogens is 278 g/mol. The van der Waals surface area contributed by atoms with Crippen LogP contribution in [-0.2, 0) is 13.5 Å². The Morgan fingerprint density at radius 1 is 1.19 bits per heavy atom. The third-order valence-electron chi connectivity index (χ3n) is 4.74. The number of nitrogens with zero attached hydrogens (tertiary/aromatic N) is 2. The maximum absolute atomic E-state index is 4.46. The normalized spacial score (nSPS) is 24.4. The van der Waals surface area contributed by atoms with Gasteiger partial charge in [-0.2, -0.15) is 5.10 Å². The average Bonchev–Trinajstić information content (AvgIpc) is 2.90. The highest BCUT2D eigenvalue weighted by Gasteiger charge is 2.28. The van der Waals surface area contributed by atoms with Crippen LogP contribution in [-0.4, -0.2) is 15.5 Å². The highest BCUT2D eigenvalue weighted by Crippen LogP contribution is 2.39. The van der Waals surface area contributed by atoms with E-state index in [-0.39, 0.29) is 0 Å². The van der Waals surface area contributed by atoms with Gasteiger partial charge in [-0.25, -0.2) is 0 Å². The van der Waals surface area contributed by atoms with Gasteiger partial charge in [0.15, 0.2) is 0 Å². The monoisotopic (exact) mass is 299 g/mol. The minimum atomic E-state index is 0.462. The van der Waals surface area contributed by atoms with E-state index in [2.05, 4.69) is 47.9 Å². The van der Waals surface area contributed by atoms with Gasteiger partial charge < -0.3 is 5.32 Å². The molecule has 1 aliphatic heterocycles. The smallest absolute Gasteiger partial charge is 0.0540 e. The quantitative estimate of drug-likeness (QED) is 0.918. The highest BCUT2D eigenvalue weighted by molar-refractivity contribution is 7.99. The summed E-state index contributed by atoms with van der Waals surface area (Å²) in [7, 11) is 2.06. The van der Waals surface area contributed by atoms with Crippen molar-refractivity contribution in [2.75, 3.05) is 5.75 Å². The SMILES string of the molecule is Cn1ncc2c1CCCC2NC1CCSc2ccccc21. The fraction of sp³-hybridized carbons (Fsp3) is 0.471. The van der Waals surface area contributed by atoms with Crippen molar-refractivity contribution in [1.82, 2.24) is 15.1 Å². The minimum Gasteiger partial charge on any atom is -0.303 e. The van der Waals surface area contributed by atoms with E-state index in [4.69, 9.17) is 0 Å². The first-order chi connectivity index (χ1) is 10.3. The fourth-order valence-electron chi connectivity index (χ4n) is 3.64. The number of fused-ring (bicyclic) bond motifs is 2. The van der Waals surface area contributed by atoms with E-state index >= 15 is 0 Å². The molecule has 0 saturated heterocycles. The largest absolute Gasteiger partial charge is 0.303 e. The molecule has 21 heavy (non-hydrogen) atoms. The third-order valence-corrected chi connectivity index (χ3v) is 5.86. The number of hydrogen-bond donors (Lipinski definition) is 1. The second-order valence-electron chi connectivity index (χ2n) is 6.01. The predicted octanol–water partition coefficient (Wildman–Crippen LogP) is 3.62. The Balaban J connectivity index is 1.61. The van der Waals surface area contributed by atoms with Crippen LogP contribution in [0.2, 0.25) is 0 Å². The Morgan fingerprint density at radius 3 is 3.00 bits per heavy atom. The lowest BCUT2D eigenvalue weighted by Gasteiger charge is -2.32. The molecule has 2 unspecified atom stereocenters. The molecule has 2 aromatic rings. The standard InChI is InChI=1S/C17H21N3S/c1-20-16-7-4-6-14(13(16)11-18-20)19-15-9-10-21-17-8-3-2-5-12(15)17/h2-3,5,8,11,14-15,19H,4,6-7,9-10H2,1H3. The van der Waals surface area contributed by atoms with Crippen molar-refractivity contribution in [2.24, 2.45) is 7.05 Å². The van der Waals surface area contributed by atoms with Crippen molar-refractivity contribution < 1.29 is 0 Å². The second-order valence-corrected chi connectivity index (χ2v) is 7.15. The molecule has 2 aliphatic rings. The maximum Gasteiger partial charge on any atom is 0.0540 e. The van der Waals surface area contributed by atoms with E-state index in [0.29, 0.717) is 12.1 Å². The molecule has 1 aromatic heterocycles. The average molecular weight is 299 g/mol. The molecule has 0 spiro atoms. The van der Waals surface area contributed by atoms with Crippen LogP contribution in [0.25, 0.3) is 0 Å². The summed E-state index contributed by atoms with van der Waals surface area (Å²) in [5.41, 5.74) is 4.31.